The van der Waals surface area contributed by atoms with Crippen LogP contribution < -0.4 is 10.1 Å². The SMILES string of the molecule is CNCC(O)CCOc1cccc(C)c1. The van der Waals surface area contributed by atoms with Crippen LogP contribution in [0.15, 0.2) is 24.3 Å². The normalized spacial score (nSPS) is 12.5. The summed E-state index contributed by atoms with van der Waals surface area (Å²) in [6.07, 6.45) is 0.314. The minimum absolute atomic E-state index is 0.334. The van der Waals surface area contributed by atoms with Crippen LogP contribution in [0.25, 0.3) is 0 Å². The molecule has 1 atom stereocenters. The van der Waals surface area contributed by atoms with Gasteiger partial charge in [-0.1, -0.05) is 12.1 Å². The summed E-state index contributed by atoms with van der Waals surface area (Å²) in [5, 5.41) is 12.4. The number of nitrogens with one attached hydrogen (secondary N) is 1. The molecule has 0 saturated heterocycles. The van der Waals surface area contributed by atoms with Gasteiger partial charge in [-0.2, -0.15) is 0 Å². The largest absolute Gasteiger partial charge is 0.493 e. The third-order valence-electron chi connectivity index (χ3n) is 2.15. The summed E-state index contributed by atoms with van der Waals surface area (Å²) < 4.78 is 5.52. The lowest BCUT2D eigenvalue weighted by molar-refractivity contribution is 0.139. The van der Waals surface area contributed by atoms with Crippen molar-refractivity contribution in [2.75, 3.05) is 20.2 Å². The smallest absolute Gasteiger partial charge is 0.119 e. The quantitative estimate of drug-likeness (QED) is 0.743. The molecule has 1 unspecified atom stereocenters. The fourth-order valence-electron chi connectivity index (χ4n) is 1.36. The van der Waals surface area contributed by atoms with Crippen molar-refractivity contribution in [3.05, 3.63) is 29.8 Å². The van der Waals surface area contributed by atoms with Crippen LogP contribution in [0.3, 0.4) is 0 Å². The van der Waals surface area contributed by atoms with Gasteiger partial charge in [-0.05, 0) is 31.7 Å². The molecule has 84 valence electrons. The summed E-state index contributed by atoms with van der Waals surface area (Å²) >= 11 is 0. The van der Waals surface area contributed by atoms with Crippen molar-refractivity contribution in [2.24, 2.45) is 0 Å². The van der Waals surface area contributed by atoms with Gasteiger partial charge in [-0.25, -0.2) is 0 Å². The molecule has 0 saturated carbocycles. The van der Waals surface area contributed by atoms with E-state index in [-0.39, 0.29) is 6.10 Å². The molecule has 0 aliphatic rings. The van der Waals surface area contributed by atoms with Gasteiger partial charge in [0.1, 0.15) is 5.75 Å². The Morgan fingerprint density at radius 2 is 2.27 bits per heavy atom. The predicted molar refractivity (Wildman–Crippen MR) is 61.2 cm³/mol. The first-order valence-corrected chi connectivity index (χ1v) is 5.24. The highest BCUT2D eigenvalue weighted by molar-refractivity contribution is 5.27. The number of aryl methyl sites for hydroxylation is 1. The molecule has 3 nitrogen and oxygen atoms in total. The molecule has 0 bridgehead atoms. The van der Waals surface area contributed by atoms with E-state index >= 15 is 0 Å². The highest BCUT2D eigenvalue weighted by atomic mass is 16.5. The average Bonchev–Trinajstić information content (AvgIpc) is 2.18. The van der Waals surface area contributed by atoms with Gasteiger partial charge < -0.3 is 15.2 Å². The van der Waals surface area contributed by atoms with Crippen molar-refractivity contribution in [1.29, 1.82) is 0 Å². The van der Waals surface area contributed by atoms with Gasteiger partial charge >= 0.3 is 0 Å². The number of likely N-dealkylation sites (N-methyl/N-ethyl adjacent to an activating group) is 1. The maximum Gasteiger partial charge on any atom is 0.119 e. The molecule has 0 aliphatic carbocycles. The summed E-state index contributed by atoms with van der Waals surface area (Å²) in [6, 6.07) is 7.92. The number of rotatable bonds is 6. The van der Waals surface area contributed by atoms with Crippen molar-refractivity contribution in [3.63, 3.8) is 0 Å². The number of benzene rings is 1. The minimum atomic E-state index is -0.334. The Labute approximate surface area is 91.1 Å². The van der Waals surface area contributed by atoms with Crippen LogP contribution in [0.5, 0.6) is 5.75 Å². The second-order valence-corrected chi connectivity index (χ2v) is 3.67. The first-order valence-electron chi connectivity index (χ1n) is 5.24. The molecule has 0 radical (unpaired) electrons. The van der Waals surface area contributed by atoms with Gasteiger partial charge in [-0.15, -0.1) is 0 Å². The first kappa shape index (κ1) is 12.0. The van der Waals surface area contributed by atoms with Crippen LogP contribution in [0.1, 0.15) is 12.0 Å². The number of aliphatic hydroxyl groups excluding tert-OH is 1. The number of aliphatic hydroxyl groups is 1. The van der Waals surface area contributed by atoms with Crippen molar-refractivity contribution in [2.45, 2.75) is 19.4 Å². The molecule has 2 N–H and O–H groups in total. The van der Waals surface area contributed by atoms with E-state index in [0.29, 0.717) is 19.6 Å². The standard InChI is InChI=1S/C12H19NO2/c1-10-4-3-5-12(8-10)15-7-6-11(14)9-13-2/h3-5,8,11,13-14H,6-7,9H2,1-2H3. The van der Waals surface area contributed by atoms with Crippen LogP contribution in [-0.2, 0) is 0 Å². The van der Waals surface area contributed by atoms with E-state index in [1.807, 2.05) is 38.2 Å². The average molecular weight is 209 g/mol. The van der Waals surface area contributed by atoms with Crippen LogP contribution in [0.2, 0.25) is 0 Å². The molecule has 1 rings (SSSR count). The van der Waals surface area contributed by atoms with Crippen molar-refractivity contribution < 1.29 is 9.84 Å². The Kier molecular flexibility index (Phi) is 5.15. The van der Waals surface area contributed by atoms with Gasteiger partial charge in [0.05, 0.1) is 12.7 Å². The summed E-state index contributed by atoms with van der Waals surface area (Å²) in [4.78, 5) is 0. The van der Waals surface area contributed by atoms with Gasteiger partial charge in [0.25, 0.3) is 0 Å². The maximum absolute atomic E-state index is 9.44. The molecule has 0 heterocycles. The molecule has 1 aromatic rings. The fourth-order valence-corrected chi connectivity index (χ4v) is 1.36. The summed E-state index contributed by atoms with van der Waals surface area (Å²) in [5.41, 5.74) is 1.18. The third kappa shape index (κ3) is 4.81. The molecule has 15 heavy (non-hydrogen) atoms. The third-order valence-corrected chi connectivity index (χ3v) is 2.15. The fraction of sp³-hybridized carbons (Fsp3) is 0.500. The van der Waals surface area contributed by atoms with Gasteiger partial charge in [0.15, 0.2) is 0 Å². The van der Waals surface area contributed by atoms with Crippen molar-refractivity contribution in [1.82, 2.24) is 5.32 Å². The van der Waals surface area contributed by atoms with E-state index in [9.17, 15) is 5.11 Å². The van der Waals surface area contributed by atoms with Crippen LogP contribution in [0, 0.1) is 6.92 Å². The number of hydrogen-bond acceptors (Lipinski definition) is 3. The Morgan fingerprint density at radius 1 is 1.47 bits per heavy atom. The van der Waals surface area contributed by atoms with Crippen molar-refractivity contribution >= 4 is 0 Å². The van der Waals surface area contributed by atoms with Gasteiger partial charge in [0, 0.05) is 13.0 Å². The zero-order chi connectivity index (χ0) is 11.1. The highest BCUT2D eigenvalue weighted by Crippen LogP contribution is 2.12. The Morgan fingerprint density at radius 3 is 2.93 bits per heavy atom. The molecule has 0 aliphatic heterocycles. The number of ether oxygens (including phenoxy) is 1. The second kappa shape index (κ2) is 6.43. The van der Waals surface area contributed by atoms with Crippen LogP contribution in [0.4, 0.5) is 0 Å². The van der Waals surface area contributed by atoms with E-state index in [1.54, 1.807) is 0 Å². The highest BCUT2D eigenvalue weighted by Gasteiger charge is 2.02. The molecule has 0 spiro atoms. The Hall–Kier alpha value is -1.06. The predicted octanol–water partition coefficient (Wildman–Crippen LogP) is 1.34. The van der Waals surface area contributed by atoms with E-state index in [4.69, 9.17) is 4.74 Å². The number of hydrogen-bond donors (Lipinski definition) is 2. The zero-order valence-corrected chi connectivity index (χ0v) is 9.36. The lowest BCUT2D eigenvalue weighted by Crippen LogP contribution is -2.25. The first-order chi connectivity index (χ1) is 7.22. The monoisotopic (exact) mass is 209 g/mol. The molecular weight excluding hydrogens is 190 g/mol. The van der Waals surface area contributed by atoms with Crippen molar-refractivity contribution in [3.8, 4) is 5.75 Å². The summed E-state index contributed by atoms with van der Waals surface area (Å²) in [5.74, 6) is 0.867. The summed E-state index contributed by atoms with van der Waals surface area (Å²) in [7, 11) is 1.82. The maximum atomic E-state index is 9.44. The van der Waals surface area contributed by atoms with Gasteiger partial charge in [-0.3, -0.25) is 0 Å². The van der Waals surface area contributed by atoms with E-state index < -0.39 is 0 Å². The Balaban J connectivity index is 2.25. The molecule has 0 aromatic heterocycles. The zero-order valence-electron chi connectivity index (χ0n) is 9.36. The molecular formula is C12H19NO2. The topological polar surface area (TPSA) is 41.5 Å². The molecule has 0 fully saturated rings. The summed E-state index contributed by atoms with van der Waals surface area (Å²) in [6.45, 7) is 3.19. The van der Waals surface area contributed by atoms with Gasteiger partial charge in [0.2, 0.25) is 0 Å². The Bertz CT molecular complexity index is 289. The molecule has 3 heteroatoms. The molecule has 0 amide bonds. The van der Waals surface area contributed by atoms with E-state index in [2.05, 4.69) is 5.32 Å². The van der Waals surface area contributed by atoms with E-state index in [0.717, 1.165) is 5.75 Å². The lowest BCUT2D eigenvalue weighted by Gasteiger charge is -2.11. The van der Waals surface area contributed by atoms with Crippen LogP contribution >= 0.6 is 0 Å². The van der Waals surface area contributed by atoms with E-state index in [1.165, 1.54) is 5.56 Å². The molecule has 1 aromatic carbocycles. The minimum Gasteiger partial charge on any atom is -0.493 e. The second-order valence-electron chi connectivity index (χ2n) is 3.67. The lowest BCUT2D eigenvalue weighted by atomic mass is 10.2. The van der Waals surface area contributed by atoms with Crippen LogP contribution in [-0.4, -0.2) is 31.4 Å².